The lowest BCUT2D eigenvalue weighted by molar-refractivity contribution is -0.0908. The molecule has 4 atom stereocenters. The smallest absolute Gasteiger partial charge is 0.101 e. The van der Waals surface area contributed by atoms with Crippen molar-refractivity contribution in [1.82, 2.24) is 0 Å². The summed E-state index contributed by atoms with van der Waals surface area (Å²) in [5.74, 6) is 0. The average Bonchev–Trinajstić information content (AvgIpc) is 2.75. The number of rotatable bonds is 23. The van der Waals surface area contributed by atoms with Crippen LogP contribution in [0.1, 0.15) is 91.9 Å². The van der Waals surface area contributed by atoms with Gasteiger partial charge in [0.15, 0.2) is 0 Å². The molecule has 0 rings (SSSR count). The highest BCUT2D eigenvalue weighted by Gasteiger charge is 2.11. The number of unbranched alkanes of at least 4 members (excludes halogenated alkanes) is 9. The first-order valence-electron chi connectivity index (χ1n) is 12.2. The van der Waals surface area contributed by atoms with Gasteiger partial charge in [0.2, 0.25) is 0 Å². The molecular formula is C24H50O6. The molecule has 30 heavy (non-hydrogen) atoms. The van der Waals surface area contributed by atoms with Crippen LogP contribution in [0.4, 0.5) is 0 Å². The molecule has 6 nitrogen and oxygen atoms in total. The third-order valence-corrected chi connectivity index (χ3v) is 5.01. The normalized spacial score (nSPS) is 15.8. The Balaban J connectivity index is 3.42. The van der Waals surface area contributed by atoms with Gasteiger partial charge in [-0.05, 0) is 27.2 Å². The zero-order chi connectivity index (χ0) is 22.5. The van der Waals surface area contributed by atoms with Crippen LogP contribution in [0.15, 0.2) is 0 Å². The van der Waals surface area contributed by atoms with Crippen LogP contribution in [0, 0.1) is 0 Å². The zero-order valence-corrected chi connectivity index (χ0v) is 20.2. The standard InChI is InChI=1S/C24H50O6/c1-5-6-7-8-9-10-11-12-13-14-15-27-19-24(26)20-30-23(4)18-29-22(3)17-28-21(2)16-25/h21-26H,5-20H2,1-4H3. The Morgan fingerprint density at radius 1 is 0.600 bits per heavy atom. The first-order valence-corrected chi connectivity index (χ1v) is 12.2. The second-order valence-electron chi connectivity index (χ2n) is 8.53. The molecule has 0 aliphatic carbocycles. The van der Waals surface area contributed by atoms with Crippen molar-refractivity contribution in [3.63, 3.8) is 0 Å². The van der Waals surface area contributed by atoms with Gasteiger partial charge < -0.3 is 29.2 Å². The maximum Gasteiger partial charge on any atom is 0.101 e. The first kappa shape index (κ1) is 29.8. The van der Waals surface area contributed by atoms with Gasteiger partial charge in [0.05, 0.1) is 51.3 Å². The van der Waals surface area contributed by atoms with E-state index in [1.165, 1.54) is 57.8 Å². The Morgan fingerprint density at radius 2 is 1.07 bits per heavy atom. The second-order valence-corrected chi connectivity index (χ2v) is 8.53. The molecule has 0 saturated carbocycles. The quantitative estimate of drug-likeness (QED) is 0.231. The molecule has 0 aromatic heterocycles. The molecular weight excluding hydrogens is 384 g/mol. The van der Waals surface area contributed by atoms with Crippen molar-refractivity contribution >= 4 is 0 Å². The van der Waals surface area contributed by atoms with E-state index >= 15 is 0 Å². The van der Waals surface area contributed by atoms with E-state index in [0.29, 0.717) is 26.4 Å². The van der Waals surface area contributed by atoms with Crippen molar-refractivity contribution in [2.45, 2.75) is 116 Å². The van der Waals surface area contributed by atoms with Gasteiger partial charge in [-0.2, -0.15) is 0 Å². The summed E-state index contributed by atoms with van der Waals surface area (Å²) in [4.78, 5) is 0. The van der Waals surface area contributed by atoms with Gasteiger partial charge in [-0.1, -0.05) is 64.7 Å². The summed E-state index contributed by atoms with van der Waals surface area (Å²) in [6.45, 7) is 10.1. The molecule has 182 valence electrons. The Kier molecular flexibility index (Phi) is 21.8. The number of hydrogen-bond donors (Lipinski definition) is 2. The van der Waals surface area contributed by atoms with Crippen LogP contribution in [0.2, 0.25) is 0 Å². The van der Waals surface area contributed by atoms with Gasteiger partial charge in [-0.15, -0.1) is 0 Å². The van der Waals surface area contributed by atoms with Gasteiger partial charge in [-0.3, -0.25) is 0 Å². The lowest BCUT2D eigenvalue weighted by Crippen LogP contribution is -2.29. The maximum absolute atomic E-state index is 9.97. The number of ether oxygens (including phenoxy) is 4. The molecule has 0 saturated heterocycles. The minimum Gasteiger partial charge on any atom is -0.394 e. The summed E-state index contributed by atoms with van der Waals surface area (Å²) in [5.41, 5.74) is 0. The predicted octanol–water partition coefficient (Wildman–Crippen LogP) is 4.49. The van der Waals surface area contributed by atoms with Crippen LogP contribution in [-0.2, 0) is 18.9 Å². The predicted molar refractivity (Wildman–Crippen MR) is 122 cm³/mol. The molecule has 0 aliphatic heterocycles. The van der Waals surface area contributed by atoms with E-state index in [9.17, 15) is 5.11 Å². The summed E-state index contributed by atoms with van der Waals surface area (Å²) in [6, 6.07) is 0. The Morgan fingerprint density at radius 3 is 1.60 bits per heavy atom. The molecule has 0 heterocycles. The van der Waals surface area contributed by atoms with E-state index in [0.717, 1.165) is 6.42 Å². The van der Waals surface area contributed by atoms with Crippen LogP contribution in [-0.4, -0.2) is 74.3 Å². The van der Waals surface area contributed by atoms with Crippen molar-refractivity contribution in [1.29, 1.82) is 0 Å². The van der Waals surface area contributed by atoms with Gasteiger partial charge in [0.25, 0.3) is 0 Å². The first-order chi connectivity index (χ1) is 14.5. The van der Waals surface area contributed by atoms with Crippen molar-refractivity contribution in [3.8, 4) is 0 Å². The van der Waals surface area contributed by atoms with Gasteiger partial charge in [0, 0.05) is 6.61 Å². The molecule has 0 amide bonds. The third-order valence-electron chi connectivity index (χ3n) is 5.01. The topological polar surface area (TPSA) is 77.4 Å². The molecule has 0 spiro atoms. The highest BCUT2D eigenvalue weighted by Crippen LogP contribution is 2.10. The van der Waals surface area contributed by atoms with Gasteiger partial charge >= 0.3 is 0 Å². The number of aliphatic hydroxyl groups is 2. The summed E-state index contributed by atoms with van der Waals surface area (Å²) in [5, 5.41) is 18.9. The van der Waals surface area contributed by atoms with E-state index in [-0.39, 0.29) is 31.5 Å². The highest BCUT2D eigenvalue weighted by atomic mass is 16.6. The number of aliphatic hydroxyl groups excluding tert-OH is 2. The van der Waals surface area contributed by atoms with Crippen LogP contribution < -0.4 is 0 Å². The van der Waals surface area contributed by atoms with E-state index in [2.05, 4.69) is 6.92 Å². The van der Waals surface area contributed by atoms with Crippen molar-refractivity contribution < 1.29 is 29.2 Å². The Hall–Kier alpha value is -0.240. The summed E-state index contributed by atoms with van der Waals surface area (Å²) in [7, 11) is 0. The molecule has 2 N–H and O–H groups in total. The van der Waals surface area contributed by atoms with Gasteiger partial charge in [0.1, 0.15) is 6.10 Å². The lowest BCUT2D eigenvalue weighted by Gasteiger charge is -2.20. The van der Waals surface area contributed by atoms with E-state index in [4.69, 9.17) is 24.1 Å². The summed E-state index contributed by atoms with van der Waals surface area (Å²) in [6.07, 6.45) is 12.1. The van der Waals surface area contributed by atoms with Crippen LogP contribution in [0.5, 0.6) is 0 Å². The second kappa shape index (κ2) is 22.0. The van der Waals surface area contributed by atoms with E-state index in [1.807, 2.05) is 20.8 Å². The SMILES string of the molecule is CCCCCCCCCCCCOCC(O)COC(C)COC(C)COC(C)CO. The van der Waals surface area contributed by atoms with Crippen LogP contribution >= 0.6 is 0 Å². The van der Waals surface area contributed by atoms with Crippen LogP contribution in [0.25, 0.3) is 0 Å². The largest absolute Gasteiger partial charge is 0.394 e. The van der Waals surface area contributed by atoms with Crippen LogP contribution in [0.3, 0.4) is 0 Å². The van der Waals surface area contributed by atoms with E-state index < -0.39 is 6.10 Å². The fourth-order valence-corrected chi connectivity index (χ4v) is 2.98. The monoisotopic (exact) mass is 434 g/mol. The number of hydrogen-bond acceptors (Lipinski definition) is 6. The minimum absolute atomic E-state index is 0.00534. The molecule has 4 unspecified atom stereocenters. The zero-order valence-electron chi connectivity index (χ0n) is 20.2. The van der Waals surface area contributed by atoms with Crippen molar-refractivity contribution in [2.75, 3.05) is 39.6 Å². The molecule has 0 fully saturated rings. The summed E-state index contributed by atoms with van der Waals surface area (Å²) < 4.78 is 22.3. The minimum atomic E-state index is -0.610. The van der Waals surface area contributed by atoms with Crippen molar-refractivity contribution in [2.24, 2.45) is 0 Å². The Labute approximate surface area is 185 Å². The van der Waals surface area contributed by atoms with Crippen molar-refractivity contribution in [3.05, 3.63) is 0 Å². The molecule has 0 aromatic rings. The summed E-state index contributed by atoms with van der Waals surface area (Å²) >= 11 is 0. The average molecular weight is 435 g/mol. The van der Waals surface area contributed by atoms with E-state index in [1.54, 1.807) is 0 Å². The Bertz CT molecular complexity index is 342. The fourth-order valence-electron chi connectivity index (χ4n) is 2.98. The molecule has 0 aliphatic rings. The molecule has 0 radical (unpaired) electrons. The highest BCUT2D eigenvalue weighted by molar-refractivity contribution is 4.57. The van der Waals surface area contributed by atoms with Gasteiger partial charge in [-0.25, -0.2) is 0 Å². The fraction of sp³-hybridized carbons (Fsp3) is 1.00. The molecule has 6 heteroatoms. The maximum atomic E-state index is 9.97. The third kappa shape index (κ3) is 21.0. The lowest BCUT2D eigenvalue weighted by atomic mass is 10.1. The molecule has 0 bridgehead atoms. The molecule has 0 aromatic carbocycles.